The number of carbonyl (C=O) groups excluding carboxylic acids is 3. The second kappa shape index (κ2) is 10.7. The fourth-order valence-electron chi connectivity index (χ4n) is 3.24. The van der Waals surface area contributed by atoms with E-state index in [1.54, 1.807) is 12.1 Å². The summed E-state index contributed by atoms with van der Waals surface area (Å²) in [7, 11) is 1.30. The van der Waals surface area contributed by atoms with Gasteiger partial charge in [-0.2, -0.15) is 13.9 Å². The van der Waals surface area contributed by atoms with Gasteiger partial charge >= 0.3 is 11.9 Å². The number of benzene rings is 1. The van der Waals surface area contributed by atoms with E-state index in [0.29, 0.717) is 4.60 Å². The number of pyridine rings is 1. The maximum absolute atomic E-state index is 14.8. The van der Waals surface area contributed by atoms with Crippen LogP contribution in [0.5, 0.6) is 0 Å². The Bertz CT molecular complexity index is 1350. The zero-order valence-corrected chi connectivity index (χ0v) is 21.9. The van der Waals surface area contributed by atoms with Gasteiger partial charge in [-0.1, -0.05) is 11.6 Å². The average Bonchev–Trinajstić information content (AvgIpc) is 3.20. The lowest BCUT2D eigenvalue weighted by molar-refractivity contribution is -0.177. The van der Waals surface area contributed by atoms with Gasteiger partial charge in [-0.15, -0.1) is 0 Å². The number of carbonyl (C=O) groups is 3. The van der Waals surface area contributed by atoms with Crippen molar-refractivity contribution in [1.29, 1.82) is 0 Å². The number of alkyl halides is 2. The van der Waals surface area contributed by atoms with E-state index in [1.807, 2.05) is 0 Å². The summed E-state index contributed by atoms with van der Waals surface area (Å²) in [5.41, 5.74) is -0.960. The number of halogens is 4. The minimum absolute atomic E-state index is 0.000325. The third-order valence-corrected chi connectivity index (χ3v) is 5.54. The van der Waals surface area contributed by atoms with E-state index in [0.717, 1.165) is 12.1 Å². The minimum Gasteiger partial charge on any atom is -0.458 e. The minimum atomic E-state index is -4.03. The van der Waals surface area contributed by atoms with Crippen LogP contribution in [0.4, 0.5) is 14.5 Å². The summed E-state index contributed by atoms with van der Waals surface area (Å²) in [5, 5.41) is 9.34. The maximum atomic E-state index is 14.8. The van der Waals surface area contributed by atoms with Crippen LogP contribution in [0.1, 0.15) is 45.8 Å². The average molecular weight is 585 g/mol. The van der Waals surface area contributed by atoms with Crippen LogP contribution in [0.15, 0.2) is 41.1 Å². The van der Waals surface area contributed by atoms with Crippen molar-refractivity contribution in [3.8, 4) is 5.82 Å². The predicted molar refractivity (Wildman–Crippen MR) is 132 cm³/mol. The van der Waals surface area contributed by atoms with Crippen molar-refractivity contribution in [2.75, 3.05) is 12.4 Å². The van der Waals surface area contributed by atoms with E-state index >= 15 is 0 Å². The zero-order chi connectivity index (χ0) is 26.8. The topological polar surface area (TPSA) is 115 Å². The largest absolute Gasteiger partial charge is 0.458 e. The molecule has 0 aliphatic carbocycles. The van der Waals surface area contributed by atoms with Crippen LogP contribution in [-0.2, 0) is 15.5 Å². The molecule has 0 unspecified atom stereocenters. The van der Waals surface area contributed by atoms with E-state index in [2.05, 4.69) is 41.4 Å². The van der Waals surface area contributed by atoms with Crippen molar-refractivity contribution < 1.29 is 27.9 Å². The Morgan fingerprint density at radius 1 is 1.19 bits per heavy atom. The maximum Gasteiger partial charge on any atom is 0.382 e. The van der Waals surface area contributed by atoms with Crippen molar-refractivity contribution >= 4 is 51.0 Å². The van der Waals surface area contributed by atoms with Gasteiger partial charge in [0.1, 0.15) is 10.3 Å². The van der Waals surface area contributed by atoms with Crippen LogP contribution < -0.4 is 10.6 Å². The first-order chi connectivity index (χ1) is 16.9. The molecule has 2 amide bonds. The molecular weight excluding hydrogens is 564 g/mol. The van der Waals surface area contributed by atoms with Gasteiger partial charge in [-0.3, -0.25) is 9.59 Å². The molecule has 0 spiro atoms. The van der Waals surface area contributed by atoms with Crippen molar-refractivity contribution in [3.05, 3.63) is 68.5 Å². The molecule has 3 aromatic rings. The van der Waals surface area contributed by atoms with E-state index < -0.39 is 35.4 Å². The second-order valence-electron chi connectivity index (χ2n) is 7.85. The van der Waals surface area contributed by atoms with Crippen molar-refractivity contribution in [2.24, 2.45) is 0 Å². The highest BCUT2D eigenvalue weighted by molar-refractivity contribution is 9.10. The number of hydrogen-bond acceptors (Lipinski definition) is 6. The monoisotopic (exact) mass is 583 g/mol. The number of ether oxygens (including phenoxy) is 1. The lowest BCUT2D eigenvalue weighted by atomic mass is 9.98. The highest BCUT2D eigenvalue weighted by Gasteiger charge is 2.44. The third kappa shape index (κ3) is 5.54. The van der Waals surface area contributed by atoms with Gasteiger partial charge in [0.05, 0.1) is 22.4 Å². The zero-order valence-electron chi connectivity index (χ0n) is 19.5. The Hall–Kier alpha value is -3.38. The lowest BCUT2D eigenvalue weighted by Gasteiger charge is -2.21. The summed E-state index contributed by atoms with van der Waals surface area (Å²) in [6, 6.07) is 6.42. The van der Waals surface area contributed by atoms with Gasteiger partial charge in [0.2, 0.25) is 0 Å². The third-order valence-electron chi connectivity index (χ3n) is 4.86. The first kappa shape index (κ1) is 27.2. The highest BCUT2D eigenvalue weighted by Crippen LogP contribution is 2.35. The molecule has 0 fully saturated rings. The predicted octanol–water partition coefficient (Wildman–Crippen LogP) is 4.65. The molecule has 0 bridgehead atoms. The molecule has 2 aromatic heterocycles. The van der Waals surface area contributed by atoms with Gasteiger partial charge in [0, 0.05) is 24.9 Å². The first-order valence-electron chi connectivity index (χ1n) is 10.5. The number of esters is 1. The van der Waals surface area contributed by atoms with Gasteiger partial charge in [-0.25, -0.2) is 14.5 Å². The SMILES string of the molecule is CNC(=O)c1cc(C(F)(F)C(=O)OC(C)C)cc(C)c1NC(=O)c1cc(Br)nn1-c1ncccc1Cl. The van der Waals surface area contributed by atoms with Crippen molar-refractivity contribution in [1.82, 2.24) is 20.1 Å². The van der Waals surface area contributed by atoms with Crippen LogP contribution in [0.3, 0.4) is 0 Å². The molecule has 0 radical (unpaired) electrons. The summed E-state index contributed by atoms with van der Waals surface area (Å²) in [5.74, 6) is -7.08. The Balaban J connectivity index is 2.06. The number of nitrogens with zero attached hydrogens (tertiary/aromatic N) is 3. The van der Waals surface area contributed by atoms with Crippen LogP contribution in [0, 0.1) is 6.92 Å². The van der Waals surface area contributed by atoms with Gasteiger partial charge in [-0.05, 0) is 66.5 Å². The molecule has 36 heavy (non-hydrogen) atoms. The molecule has 3 rings (SSSR count). The molecule has 2 N–H and O–H groups in total. The van der Waals surface area contributed by atoms with Crippen molar-refractivity contribution in [3.63, 3.8) is 0 Å². The fourth-order valence-corrected chi connectivity index (χ4v) is 3.82. The molecule has 2 heterocycles. The molecule has 0 saturated carbocycles. The summed E-state index contributed by atoms with van der Waals surface area (Å²) in [6.07, 6.45) is 0.702. The normalized spacial score (nSPS) is 11.4. The number of aromatic nitrogens is 3. The lowest BCUT2D eigenvalue weighted by Crippen LogP contribution is -2.31. The first-order valence-corrected chi connectivity index (χ1v) is 11.7. The van der Waals surface area contributed by atoms with Gasteiger partial charge < -0.3 is 15.4 Å². The molecule has 0 saturated heterocycles. The number of aryl methyl sites for hydroxylation is 1. The van der Waals surface area contributed by atoms with Gasteiger partial charge in [0.25, 0.3) is 11.8 Å². The summed E-state index contributed by atoms with van der Waals surface area (Å²) in [6.45, 7) is 4.29. The molecule has 13 heteroatoms. The van der Waals surface area contributed by atoms with Crippen molar-refractivity contribution in [2.45, 2.75) is 32.8 Å². The number of amides is 2. The Labute approximate surface area is 218 Å². The van der Waals surface area contributed by atoms with E-state index in [1.165, 1.54) is 44.8 Å². The van der Waals surface area contributed by atoms with Crippen LogP contribution in [0.2, 0.25) is 5.02 Å². The quantitative estimate of drug-likeness (QED) is 0.391. The summed E-state index contributed by atoms with van der Waals surface area (Å²) in [4.78, 5) is 42.0. The van der Waals surface area contributed by atoms with Crippen LogP contribution in [0.25, 0.3) is 5.82 Å². The number of rotatable bonds is 7. The second-order valence-corrected chi connectivity index (χ2v) is 9.07. The molecule has 0 aliphatic heterocycles. The molecule has 1 aromatic carbocycles. The molecule has 9 nitrogen and oxygen atoms in total. The van der Waals surface area contributed by atoms with E-state index in [-0.39, 0.29) is 33.3 Å². The number of nitrogens with one attached hydrogen (secondary N) is 2. The Kier molecular flexibility index (Phi) is 8.09. The highest BCUT2D eigenvalue weighted by atomic mass is 79.9. The van der Waals surface area contributed by atoms with Crippen LogP contribution >= 0.6 is 27.5 Å². The van der Waals surface area contributed by atoms with E-state index in [4.69, 9.17) is 11.6 Å². The van der Waals surface area contributed by atoms with Crippen LogP contribution in [-0.4, -0.2) is 45.7 Å². The molecule has 190 valence electrons. The fraction of sp³-hybridized carbons (Fsp3) is 0.261. The smallest absolute Gasteiger partial charge is 0.382 e. The molecule has 0 atom stereocenters. The molecule has 0 aliphatic rings. The van der Waals surface area contributed by atoms with E-state index in [9.17, 15) is 23.2 Å². The molecular formula is C23H21BrClF2N5O4. The number of hydrogen-bond donors (Lipinski definition) is 2. The summed E-state index contributed by atoms with van der Waals surface area (Å²) >= 11 is 9.41. The Morgan fingerprint density at radius 3 is 2.50 bits per heavy atom. The summed E-state index contributed by atoms with van der Waals surface area (Å²) < 4.78 is 35.9. The number of anilines is 1. The van der Waals surface area contributed by atoms with Gasteiger partial charge in [0.15, 0.2) is 5.82 Å². The Morgan fingerprint density at radius 2 is 1.89 bits per heavy atom. The standard InChI is InChI=1S/C23H21BrClF2N5O4/c1-11(2)36-22(35)23(26,27)13-8-12(3)18(14(9-13)20(33)28-4)30-21(34)16-10-17(24)31-32(16)19-15(25)6-5-7-29-19/h5-11H,1-4H3,(H,28,33)(H,30,34).